The van der Waals surface area contributed by atoms with Crippen molar-refractivity contribution >= 4 is 5.91 Å². The summed E-state index contributed by atoms with van der Waals surface area (Å²) >= 11 is 0. The smallest absolute Gasteiger partial charge is 0.227 e. The molecule has 0 bridgehead atoms. The third-order valence-electron chi connectivity index (χ3n) is 3.49. The summed E-state index contributed by atoms with van der Waals surface area (Å²) in [4.78, 5) is 14.2. The van der Waals surface area contributed by atoms with E-state index in [-0.39, 0.29) is 12.0 Å². The Morgan fingerprint density at radius 2 is 2.27 bits per heavy atom. The Kier molecular flexibility index (Phi) is 3.26. The molecule has 0 radical (unpaired) electrons. The van der Waals surface area contributed by atoms with Crippen LogP contribution in [0.3, 0.4) is 0 Å². The first-order chi connectivity index (χ1) is 7.20. The van der Waals surface area contributed by atoms with Gasteiger partial charge in [-0.1, -0.05) is 0 Å². The van der Waals surface area contributed by atoms with Gasteiger partial charge in [-0.25, -0.2) is 0 Å². The number of nitrogens with one attached hydrogen (secondary N) is 1. The second kappa shape index (κ2) is 4.49. The van der Waals surface area contributed by atoms with Crippen LogP contribution in [0.25, 0.3) is 0 Å². The summed E-state index contributed by atoms with van der Waals surface area (Å²) in [5, 5.41) is 3.33. The summed E-state index contributed by atoms with van der Waals surface area (Å²) in [6.07, 6.45) is 0.976. The van der Waals surface area contributed by atoms with Gasteiger partial charge in [0.2, 0.25) is 5.91 Å². The standard InChI is InChI=1S/C11H20N2O2/c1-8-7-15-6-5-13(8)11(14)10-3-4-12-9(10)2/h8-10,12H,3-7H2,1-2H3/t8-,9?,10?/m1/s1. The van der Waals surface area contributed by atoms with E-state index in [2.05, 4.69) is 19.2 Å². The predicted molar refractivity (Wildman–Crippen MR) is 57.6 cm³/mol. The van der Waals surface area contributed by atoms with E-state index >= 15 is 0 Å². The van der Waals surface area contributed by atoms with Gasteiger partial charge in [-0.05, 0) is 26.8 Å². The van der Waals surface area contributed by atoms with Gasteiger partial charge in [-0.2, -0.15) is 0 Å². The van der Waals surface area contributed by atoms with Crippen LogP contribution in [0, 0.1) is 5.92 Å². The van der Waals surface area contributed by atoms with Crippen LogP contribution in [0.4, 0.5) is 0 Å². The number of ether oxygens (including phenoxy) is 1. The van der Waals surface area contributed by atoms with Gasteiger partial charge in [-0.3, -0.25) is 4.79 Å². The molecule has 2 rings (SSSR count). The third kappa shape index (κ3) is 2.16. The quantitative estimate of drug-likeness (QED) is 0.676. The number of rotatable bonds is 1. The van der Waals surface area contributed by atoms with E-state index < -0.39 is 0 Å². The SMILES string of the molecule is CC1NCCC1C(=O)N1CCOC[C@H]1C. The Bertz CT molecular complexity index is 245. The molecule has 0 aromatic rings. The number of carbonyl (C=O) groups excluding carboxylic acids is 1. The molecule has 0 aromatic heterocycles. The first-order valence-electron chi connectivity index (χ1n) is 5.81. The minimum absolute atomic E-state index is 0.172. The number of hydrogen-bond acceptors (Lipinski definition) is 3. The minimum atomic E-state index is 0.172. The second-order valence-electron chi connectivity index (χ2n) is 4.59. The van der Waals surface area contributed by atoms with Crippen molar-refractivity contribution in [3.63, 3.8) is 0 Å². The molecule has 1 amide bonds. The van der Waals surface area contributed by atoms with Gasteiger partial charge in [0.1, 0.15) is 0 Å². The number of amides is 1. The van der Waals surface area contributed by atoms with Crippen LogP contribution in [-0.4, -0.2) is 49.2 Å². The Morgan fingerprint density at radius 1 is 1.47 bits per heavy atom. The van der Waals surface area contributed by atoms with Gasteiger partial charge < -0.3 is 15.0 Å². The van der Waals surface area contributed by atoms with Crippen molar-refractivity contribution in [3.8, 4) is 0 Å². The molecule has 2 aliphatic heterocycles. The first kappa shape index (κ1) is 10.9. The van der Waals surface area contributed by atoms with Gasteiger partial charge >= 0.3 is 0 Å². The largest absolute Gasteiger partial charge is 0.377 e. The fraction of sp³-hybridized carbons (Fsp3) is 0.909. The van der Waals surface area contributed by atoms with Gasteiger partial charge in [0.05, 0.1) is 25.2 Å². The normalized spacial score (nSPS) is 36.9. The lowest BCUT2D eigenvalue weighted by molar-refractivity contribution is -0.143. The van der Waals surface area contributed by atoms with E-state index in [4.69, 9.17) is 4.74 Å². The molecule has 2 fully saturated rings. The molecule has 2 aliphatic rings. The maximum atomic E-state index is 12.3. The molecule has 4 nitrogen and oxygen atoms in total. The van der Waals surface area contributed by atoms with Crippen molar-refractivity contribution < 1.29 is 9.53 Å². The Labute approximate surface area is 91.0 Å². The van der Waals surface area contributed by atoms with Gasteiger partial charge in [0, 0.05) is 12.6 Å². The highest BCUT2D eigenvalue weighted by molar-refractivity contribution is 5.80. The van der Waals surface area contributed by atoms with Gasteiger partial charge in [0.15, 0.2) is 0 Å². The Morgan fingerprint density at radius 3 is 2.87 bits per heavy atom. The van der Waals surface area contributed by atoms with E-state index in [9.17, 15) is 4.79 Å². The zero-order valence-electron chi connectivity index (χ0n) is 9.53. The van der Waals surface area contributed by atoms with E-state index in [1.54, 1.807) is 0 Å². The fourth-order valence-electron chi connectivity index (χ4n) is 2.46. The number of hydrogen-bond donors (Lipinski definition) is 1. The average molecular weight is 212 g/mol. The summed E-state index contributed by atoms with van der Waals surface area (Å²) in [6, 6.07) is 0.562. The Balaban J connectivity index is 1.99. The fourth-order valence-corrected chi connectivity index (χ4v) is 2.46. The zero-order valence-corrected chi connectivity index (χ0v) is 9.53. The highest BCUT2D eigenvalue weighted by Gasteiger charge is 2.35. The molecule has 0 saturated carbocycles. The number of nitrogens with zero attached hydrogens (tertiary/aromatic N) is 1. The zero-order chi connectivity index (χ0) is 10.8. The van der Waals surface area contributed by atoms with Crippen molar-refractivity contribution in [2.24, 2.45) is 5.92 Å². The number of carbonyl (C=O) groups is 1. The van der Waals surface area contributed by atoms with Crippen molar-refractivity contribution in [2.45, 2.75) is 32.4 Å². The van der Waals surface area contributed by atoms with Gasteiger partial charge in [0.25, 0.3) is 0 Å². The molecule has 2 heterocycles. The van der Waals surface area contributed by atoms with Crippen LogP contribution >= 0.6 is 0 Å². The van der Waals surface area contributed by atoms with Crippen molar-refractivity contribution in [2.75, 3.05) is 26.3 Å². The second-order valence-corrected chi connectivity index (χ2v) is 4.59. The molecule has 86 valence electrons. The van der Waals surface area contributed by atoms with Crippen LogP contribution in [0.5, 0.6) is 0 Å². The average Bonchev–Trinajstić information content (AvgIpc) is 2.64. The minimum Gasteiger partial charge on any atom is -0.377 e. The van der Waals surface area contributed by atoms with E-state index in [1.165, 1.54) is 0 Å². The molecule has 0 aromatic carbocycles. The molecule has 1 N–H and O–H groups in total. The van der Waals surface area contributed by atoms with Crippen molar-refractivity contribution in [1.29, 1.82) is 0 Å². The molecule has 4 heteroatoms. The number of morpholine rings is 1. The maximum absolute atomic E-state index is 12.3. The lowest BCUT2D eigenvalue weighted by Crippen LogP contribution is -2.50. The molecule has 15 heavy (non-hydrogen) atoms. The molecule has 2 saturated heterocycles. The Hall–Kier alpha value is -0.610. The van der Waals surface area contributed by atoms with Crippen molar-refractivity contribution in [1.82, 2.24) is 10.2 Å². The van der Waals surface area contributed by atoms with Crippen LogP contribution in [0.15, 0.2) is 0 Å². The first-order valence-corrected chi connectivity index (χ1v) is 5.81. The highest BCUT2D eigenvalue weighted by Crippen LogP contribution is 2.20. The molecule has 0 spiro atoms. The van der Waals surface area contributed by atoms with Crippen molar-refractivity contribution in [3.05, 3.63) is 0 Å². The monoisotopic (exact) mass is 212 g/mol. The lowest BCUT2D eigenvalue weighted by Gasteiger charge is -2.35. The maximum Gasteiger partial charge on any atom is 0.227 e. The highest BCUT2D eigenvalue weighted by atomic mass is 16.5. The van der Waals surface area contributed by atoms with E-state index in [1.807, 2.05) is 4.90 Å². The van der Waals surface area contributed by atoms with Crippen LogP contribution in [0.1, 0.15) is 20.3 Å². The van der Waals surface area contributed by atoms with Crippen LogP contribution in [-0.2, 0) is 9.53 Å². The molecular formula is C11H20N2O2. The van der Waals surface area contributed by atoms with Crippen LogP contribution in [0.2, 0.25) is 0 Å². The summed E-state index contributed by atoms with van der Waals surface area (Å²) in [5.74, 6) is 0.480. The molecule has 3 atom stereocenters. The topological polar surface area (TPSA) is 41.6 Å². The lowest BCUT2D eigenvalue weighted by atomic mass is 9.99. The molecular weight excluding hydrogens is 192 g/mol. The van der Waals surface area contributed by atoms with E-state index in [0.717, 1.165) is 19.5 Å². The summed E-state index contributed by atoms with van der Waals surface area (Å²) < 4.78 is 5.34. The predicted octanol–water partition coefficient (Wildman–Crippen LogP) is 0.232. The third-order valence-corrected chi connectivity index (χ3v) is 3.49. The van der Waals surface area contributed by atoms with Gasteiger partial charge in [-0.15, -0.1) is 0 Å². The summed E-state index contributed by atoms with van der Waals surface area (Å²) in [5.41, 5.74) is 0. The summed E-state index contributed by atoms with van der Waals surface area (Å²) in [6.45, 7) is 7.25. The van der Waals surface area contributed by atoms with E-state index in [0.29, 0.717) is 25.2 Å². The molecule has 0 aliphatic carbocycles. The molecule has 2 unspecified atom stereocenters. The van der Waals surface area contributed by atoms with Crippen LogP contribution < -0.4 is 5.32 Å². The summed E-state index contributed by atoms with van der Waals surface area (Å²) in [7, 11) is 0.